The number of halogens is 3. The molecule has 0 aliphatic rings. The summed E-state index contributed by atoms with van der Waals surface area (Å²) in [6.07, 6.45) is -2.00. The van der Waals surface area contributed by atoms with Gasteiger partial charge in [0, 0.05) is 19.3 Å². The highest BCUT2D eigenvalue weighted by molar-refractivity contribution is 5.36. The molecule has 0 amide bonds. The van der Waals surface area contributed by atoms with E-state index in [1.807, 2.05) is 13.8 Å². The second kappa shape index (κ2) is 6.23. The number of anilines is 1. The summed E-state index contributed by atoms with van der Waals surface area (Å²) >= 11 is 0. The van der Waals surface area contributed by atoms with Crippen LogP contribution in [0, 0.1) is 5.41 Å². The molecule has 1 heterocycles. The maximum Gasteiger partial charge on any atom is 0.417 e. The Balaban J connectivity index is 2.54. The number of aliphatic hydroxyl groups excluding tert-OH is 1. The van der Waals surface area contributed by atoms with E-state index in [1.54, 1.807) is 0 Å². The molecule has 0 spiro atoms. The molecular formula is C13H19F3N2O. The molecule has 0 aliphatic carbocycles. The highest BCUT2D eigenvalue weighted by Gasteiger charge is 2.30. The number of nitrogens with zero attached hydrogens (tertiary/aromatic N) is 1. The topological polar surface area (TPSA) is 45.1 Å². The van der Waals surface area contributed by atoms with Gasteiger partial charge in [-0.1, -0.05) is 13.8 Å². The van der Waals surface area contributed by atoms with Crippen LogP contribution in [0.15, 0.2) is 18.3 Å². The Hall–Kier alpha value is -1.30. The number of nitrogens with one attached hydrogen (secondary N) is 1. The SMILES string of the molecule is CC(C)(CCCO)CNc1ccc(C(F)(F)F)cn1. The quantitative estimate of drug-likeness (QED) is 0.838. The van der Waals surface area contributed by atoms with Gasteiger partial charge < -0.3 is 10.4 Å². The first-order chi connectivity index (χ1) is 8.74. The maximum absolute atomic E-state index is 12.3. The molecule has 0 bridgehead atoms. The van der Waals surface area contributed by atoms with E-state index in [2.05, 4.69) is 10.3 Å². The van der Waals surface area contributed by atoms with Gasteiger partial charge in [-0.2, -0.15) is 13.2 Å². The third kappa shape index (κ3) is 5.46. The molecule has 0 fully saturated rings. The predicted octanol–water partition coefficient (Wildman–Crippen LogP) is 3.31. The van der Waals surface area contributed by atoms with E-state index >= 15 is 0 Å². The number of hydrogen-bond acceptors (Lipinski definition) is 3. The highest BCUT2D eigenvalue weighted by atomic mass is 19.4. The third-order valence-electron chi connectivity index (χ3n) is 2.85. The zero-order valence-electron chi connectivity index (χ0n) is 11.1. The molecule has 6 heteroatoms. The van der Waals surface area contributed by atoms with Gasteiger partial charge in [0.2, 0.25) is 0 Å². The lowest BCUT2D eigenvalue weighted by atomic mass is 9.88. The van der Waals surface area contributed by atoms with E-state index in [0.29, 0.717) is 18.8 Å². The Morgan fingerprint density at radius 3 is 2.42 bits per heavy atom. The molecule has 3 nitrogen and oxygen atoms in total. The lowest BCUT2D eigenvalue weighted by Gasteiger charge is -2.25. The van der Waals surface area contributed by atoms with Gasteiger partial charge in [0.05, 0.1) is 5.56 Å². The first-order valence-electron chi connectivity index (χ1n) is 6.12. The zero-order chi connectivity index (χ0) is 14.5. The van der Waals surface area contributed by atoms with E-state index in [1.165, 1.54) is 6.07 Å². The molecule has 2 N–H and O–H groups in total. The standard InChI is InChI=1S/C13H19F3N2O/c1-12(2,6-3-7-19)9-18-11-5-4-10(8-17-11)13(14,15)16/h4-5,8,19H,3,6-7,9H2,1-2H3,(H,17,18). The molecule has 1 aromatic rings. The van der Waals surface area contributed by atoms with Gasteiger partial charge in [0.25, 0.3) is 0 Å². The van der Waals surface area contributed by atoms with Crippen LogP contribution in [0.4, 0.5) is 19.0 Å². The first-order valence-corrected chi connectivity index (χ1v) is 6.12. The van der Waals surface area contributed by atoms with Crippen LogP contribution in [0.3, 0.4) is 0 Å². The van der Waals surface area contributed by atoms with Gasteiger partial charge in [0.15, 0.2) is 0 Å². The Kier molecular flexibility index (Phi) is 5.17. The normalized spacial score (nSPS) is 12.5. The Morgan fingerprint density at radius 1 is 1.26 bits per heavy atom. The van der Waals surface area contributed by atoms with Crippen LogP contribution in [-0.4, -0.2) is 23.2 Å². The van der Waals surface area contributed by atoms with Crippen molar-refractivity contribution in [2.24, 2.45) is 5.41 Å². The van der Waals surface area contributed by atoms with E-state index in [9.17, 15) is 13.2 Å². The van der Waals surface area contributed by atoms with Crippen LogP contribution in [0.1, 0.15) is 32.3 Å². The largest absolute Gasteiger partial charge is 0.417 e. The van der Waals surface area contributed by atoms with E-state index in [0.717, 1.165) is 18.7 Å². The van der Waals surface area contributed by atoms with Crippen molar-refractivity contribution in [1.82, 2.24) is 4.98 Å². The minimum atomic E-state index is -4.36. The van der Waals surface area contributed by atoms with E-state index in [-0.39, 0.29) is 12.0 Å². The number of hydrogen-bond donors (Lipinski definition) is 2. The first kappa shape index (κ1) is 15.8. The van der Waals surface area contributed by atoms with Crippen molar-refractivity contribution >= 4 is 5.82 Å². The summed E-state index contributed by atoms with van der Waals surface area (Å²) in [5.41, 5.74) is -0.801. The third-order valence-corrected chi connectivity index (χ3v) is 2.85. The van der Waals surface area contributed by atoms with Gasteiger partial charge in [-0.15, -0.1) is 0 Å². The van der Waals surface area contributed by atoms with Gasteiger partial charge in [-0.3, -0.25) is 0 Å². The van der Waals surface area contributed by atoms with Gasteiger partial charge in [-0.05, 0) is 30.4 Å². The summed E-state index contributed by atoms with van der Waals surface area (Å²) in [5.74, 6) is 0.421. The summed E-state index contributed by atoms with van der Waals surface area (Å²) in [6, 6.07) is 2.33. The van der Waals surface area contributed by atoms with Crippen molar-refractivity contribution < 1.29 is 18.3 Å². The molecule has 0 aliphatic heterocycles. The number of aromatic nitrogens is 1. The molecule has 0 radical (unpaired) electrons. The summed E-state index contributed by atoms with van der Waals surface area (Å²) in [5, 5.41) is 11.8. The molecule has 0 saturated heterocycles. The average molecular weight is 276 g/mol. The fourth-order valence-corrected chi connectivity index (χ4v) is 1.64. The average Bonchev–Trinajstić information content (AvgIpc) is 2.34. The molecular weight excluding hydrogens is 257 g/mol. The Morgan fingerprint density at radius 2 is 1.95 bits per heavy atom. The van der Waals surface area contributed by atoms with Crippen molar-refractivity contribution in [1.29, 1.82) is 0 Å². The van der Waals surface area contributed by atoms with Crippen LogP contribution in [-0.2, 0) is 6.18 Å². The van der Waals surface area contributed by atoms with Gasteiger partial charge >= 0.3 is 6.18 Å². The lowest BCUT2D eigenvalue weighted by Crippen LogP contribution is -2.23. The summed E-state index contributed by atoms with van der Waals surface area (Å²) in [4.78, 5) is 3.75. The van der Waals surface area contributed by atoms with Crippen molar-refractivity contribution in [3.05, 3.63) is 23.9 Å². The predicted molar refractivity (Wildman–Crippen MR) is 67.8 cm³/mol. The number of rotatable bonds is 6. The minimum absolute atomic E-state index is 0.0485. The molecule has 0 saturated carbocycles. The lowest BCUT2D eigenvalue weighted by molar-refractivity contribution is -0.137. The molecule has 19 heavy (non-hydrogen) atoms. The second-order valence-corrected chi connectivity index (χ2v) is 5.27. The molecule has 0 aromatic carbocycles. The molecule has 0 atom stereocenters. The van der Waals surface area contributed by atoms with Crippen LogP contribution in [0.5, 0.6) is 0 Å². The zero-order valence-corrected chi connectivity index (χ0v) is 11.1. The Labute approximate surface area is 110 Å². The monoisotopic (exact) mass is 276 g/mol. The van der Waals surface area contributed by atoms with Crippen LogP contribution in [0.25, 0.3) is 0 Å². The van der Waals surface area contributed by atoms with Crippen molar-refractivity contribution in [2.75, 3.05) is 18.5 Å². The molecule has 108 valence electrons. The van der Waals surface area contributed by atoms with Crippen molar-refractivity contribution in [2.45, 2.75) is 32.9 Å². The molecule has 0 unspecified atom stereocenters. The van der Waals surface area contributed by atoms with Gasteiger partial charge in [0.1, 0.15) is 5.82 Å². The summed E-state index contributed by atoms with van der Waals surface area (Å²) in [6.45, 7) is 4.78. The minimum Gasteiger partial charge on any atom is -0.396 e. The van der Waals surface area contributed by atoms with E-state index < -0.39 is 11.7 Å². The number of aliphatic hydroxyl groups is 1. The fraction of sp³-hybridized carbons (Fsp3) is 0.615. The number of pyridine rings is 1. The molecule has 1 rings (SSSR count). The summed E-state index contributed by atoms with van der Waals surface area (Å²) in [7, 11) is 0. The van der Waals surface area contributed by atoms with E-state index in [4.69, 9.17) is 5.11 Å². The Bertz CT molecular complexity index is 388. The van der Waals surface area contributed by atoms with Crippen LogP contribution >= 0.6 is 0 Å². The summed E-state index contributed by atoms with van der Waals surface area (Å²) < 4.78 is 37.0. The fourth-order valence-electron chi connectivity index (χ4n) is 1.64. The second-order valence-electron chi connectivity index (χ2n) is 5.27. The van der Waals surface area contributed by atoms with Crippen LogP contribution < -0.4 is 5.32 Å². The van der Waals surface area contributed by atoms with Crippen LogP contribution in [0.2, 0.25) is 0 Å². The van der Waals surface area contributed by atoms with Gasteiger partial charge in [-0.25, -0.2) is 4.98 Å². The highest BCUT2D eigenvalue weighted by Crippen LogP contribution is 2.29. The van der Waals surface area contributed by atoms with Crippen molar-refractivity contribution in [3.8, 4) is 0 Å². The maximum atomic E-state index is 12.3. The molecule has 1 aromatic heterocycles. The number of alkyl halides is 3. The van der Waals surface area contributed by atoms with Crippen molar-refractivity contribution in [3.63, 3.8) is 0 Å². The smallest absolute Gasteiger partial charge is 0.396 e.